The first-order chi connectivity index (χ1) is 11.8. The fourth-order valence-corrected chi connectivity index (χ4v) is 3.34. The van der Waals surface area contributed by atoms with E-state index >= 15 is 0 Å². The van der Waals surface area contributed by atoms with Gasteiger partial charge in [0.25, 0.3) is 0 Å². The minimum Gasteiger partial charge on any atom is -0.357 e. The maximum Gasteiger partial charge on any atom is 0.138 e. The second-order valence-electron chi connectivity index (χ2n) is 6.37. The van der Waals surface area contributed by atoms with E-state index in [1.807, 2.05) is 6.07 Å². The van der Waals surface area contributed by atoms with E-state index in [9.17, 15) is 0 Å². The van der Waals surface area contributed by atoms with Crippen molar-refractivity contribution in [1.82, 2.24) is 9.47 Å². The third kappa shape index (κ3) is 3.14. The highest BCUT2D eigenvalue weighted by Gasteiger charge is 2.27. The molecule has 3 aromatic rings. The molecular formula is C21H22N2O. The molecule has 0 amide bonds. The fourth-order valence-electron chi connectivity index (χ4n) is 3.34. The van der Waals surface area contributed by atoms with Crippen LogP contribution in [-0.2, 0) is 11.3 Å². The Morgan fingerprint density at radius 1 is 1.04 bits per heavy atom. The van der Waals surface area contributed by atoms with Crippen molar-refractivity contribution >= 4 is 0 Å². The first kappa shape index (κ1) is 15.2. The quantitative estimate of drug-likeness (QED) is 0.713. The van der Waals surface area contributed by atoms with Gasteiger partial charge in [-0.1, -0.05) is 48.0 Å². The van der Waals surface area contributed by atoms with Crippen molar-refractivity contribution in [2.75, 3.05) is 13.2 Å². The molecule has 0 unspecified atom stereocenters. The summed E-state index contributed by atoms with van der Waals surface area (Å²) in [5.41, 5.74) is 5.03. The third-order valence-electron chi connectivity index (χ3n) is 4.51. The average Bonchev–Trinajstić information content (AvgIpc) is 3.25. The SMILES string of the molecule is Cc1cccc(CN2CCO[C@H]2c2ccn(-c3ccccc3)c2)c1. The minimum atomic E-state index is 0.0375. The van der Waals surface area contributed by atoms with Gasteiger partial charge in [-0.05, 0) is 30.7 Å². The van der Waals surface area contributed by atoms with E-state index in [1.165, 1.54) is 22.4 Å². The lowest BCUT2D eigenvalue weighted by Gasteiger charge is -2.22. The number of ether oxygens (including phenoxy) is 1. The van der Waals surface area contributed by atoms with Gasteiger partial charge in [0.05, 0.1) is 6.61 Å². The molecule has 0 bridgehead atoms. The Labute approximate surface area is 143 Å². The molecule has 1 aliphatic heterocycles. The van der Waals surface area contributed by atoms with Crippen molar-refractivity contribution in [3.8, 4) is 5.69 Å². The minimum absolute atomic E-state index is 0.0375. The summed E-state index contributed by atoms with van der Waals surface area (Å²) in [6.07, 6.45) is 4.32. The number of para-hydroxylation sites is 1. The van der Waals surface area contributed by atoms with Crippen molar-refractivity contribution in [2.45, 2.75) is 19.7 Å². The molecule has 1 atom stereocenters. The number of hydrogen-bond acceptors (Lipinski definition) is 2. The molecule has 24 heavy (non-hydrogen) atoms. The first-order valence-electron chi connectivity index (χ1n) is 8.44. The topological polar surface area (TPSA) is 17.4 Å². The molecule has 0 aliphatic carbocycles. The number of aromatic nitrogens is 1. The van der Waals surface area contributed by atoms with Crippen LogP contribution in [0.25, 0.3) is 5.69 Å². The average molecular weight is 318 g/mol. The number of hydrogen-bond donors (Lipinski definition) is 0. The van der Waals surface area contributed by atoms with E-state index in [-0.39, 0.29) is 6.23 Å². The maximum absolute atomic E-state index is 6.02. The molecule has 122 valence electrons. The predicted octanol–water partition coefficient (Wildman–Crippen LogP) is 4.32. The largest absolute Gasteiger partial charge is 0.357 e. The van der Waals surface area contributed by atoms with E-state index in [0.717, 1.165) is 19.7 Å². The summed E-state index contributed by atoms with van der Waals surface area (Å²) in [7, 11) is 0. The zero-order chi connectivity index (χ0) is 16.4. The first-order valence-corrected chi connectivity index (χ1v) is 8.44. The summed E-state index contributed by atoms with van der Waals surface area (Å²) in [6.45, 7) is 4.81. The Kier molecular flexibility index (Phi) is 4.20. The molecule has 0 N–H and O–H groups in total. The molecule has 3 nitrogen and oxygen atoms in total. The van der Waals surface area contributed by atoms with Crippen LogP contribution in [0.2, 0.25) is 0 Å². The van der Waals surface area contributed by atoms with E-state index in [2.05, 4.69) is 83.4 Å². The zero-order valence-corrected chi connectivity index (χ0v) is 13.9. The van der Waals surface area contributed by atoms with Gasteiger partial charge >= 0.3 is 0 Å². The second-order valence-corrected chi connectivity index (χ2v) is 6.37. The van der Waals surface area contributed by atoms with Crippen molar-refractivity contribution in [3.05, 3.63) is 89.7 Å². The van der Waals surface area contributed by atoms with Gasteiger partial charge in [-0.2, -0.15) is 0 Å². The van der Waals surface area contributed by atoms with Crippen LogP contribution >= 0.6 is 0 Å². The zero-order valence-electron chi connectivity index (χ0n) is 13.9. The van der Waals surface area contributed by atoms with Gasteiger partial charge in [0.15, 0.2) is 0 Å². The van der Waals surface area contributed by atoms with Crippen LogP contribution in [0.15, 0.2) is 73.1 Å². The molecular weight excluding hydrogens is 296 g/mol. The van der Waals surface area contributed by atoms with Gasteiger partial charge in [-0.25, -0.2) is 0 Å². The highest BCUT2D eigenvalue weighted by molar-refractivity contribution is 5.34. The number of rotatable bonds is 4. The van der Waals surface area contributed by atoms with Crippen LogP contribution in [0, 0.1) is 6.92 Å². The monoisotopic (exact) mass is 318 g/mol. The van der Waals surface area contributed by atoms with Crippen LogP contribution in [-0.4, -0.2) is 22.6 Å². The summed E-state index contributed by atoms with van der Waals surface area (Å²) in [5, 5.41) is 0. The Morgan fingerprint density at radius 3 is 2.75 bits per heavy atom. The van der Waals surface area contributed by atoms with Gasteiger partial charge in [0, 0.05) is 36.7 Å². The van der Waals surface area contributed by atoms with Gasteiger partial charge < -0.3 is 9.30 Å². The Bertz CT molecular complexity index is 809. The molecule has 0 saturated carbocycles. The predicted molar refractivity (Wildman–Crippen MR) is 96.1 cm³/mol. The summed E-state index contributed by atoms with van der Waals surface area (Å²) in [6, 6.07) is 21.3. The maximum atomic E-state index is 6.02. The highest BCUT2D eigenvalue weighted by Crippen LogP contribution is 2.29. The van der Waals surface area contributed by atoms with Crippen LogP contribution in [0.4, 0.5) is 0 Å². The number of aryl methyl sites for hydroxylation is 1. The van der Waals surface area contributed by atoms with Crippen LogP contribution < -0.4 is 0 Å². The Morgan fingerprint density at radius 2 is 1.92 bits per heavy atom. The summed E-state index contributed by atoms with van der Waals surface area (Å²) in [5.74, 6) is 0. The summed E-state index contributed by atoms with van der Waals surface area (Å²) < 4.78 is 8.17. The lowest BCUT2D eigenvalue weighted by molar-refractivity contribution is 0.0288. The van der Waals surface area contributed by atoms with Gasteiger partial charge in [-0.15, -0.1) is 0 Å². The molecule has 2 aromatic carbocycles. The number of nitrogens with zero attached hydrogens (tertiary/aromatic N) is 2. The molecule has 2 heterocycles. The van der Waals surface area contributed by atoms with E-state index in [0.29, 0.717) is 0 Å². The van der Waals surface area contributed by atoms with Gasteiger partial charge in [0.2, 0.25) is 0 Å². The normalized spacial score (nSPS) is 18.1. The van der Waals surface area contributed by atoms with Crippen LogP contribution in [0.3, 0.4) is 0 Å². The van der Waals surface area contributed by atoms with Gasteiger partial charge in [0.1, 0.15) is 6.23 Å². The summed E-state index contributed by atoms with van der Waals surface area (Å²) >= 11 is 0. The lowest BCUT2D eigenvalue weighted by atomic mass is 10.1. The van der Waals surface area contributed by atoms with Gasteiger partial charge in [-0.3, -0.25) is 4.90 Å². The molecule has 1 aromatic heterocycles. The van der Waals surface area contributed by atoms with Crippen LogP contribution in [0.1, 0.15) is 22.9 Å². The van der Waals surface area contributed by atoms with Crippen molar-refractivity contribution in [3.63, 3.8) is 0 Å². The molecule has 1 saturated heterocycles. The molecule has 0 radical (unpaired) electrons. The van der Waals surface area contributed by atoms with Crippen molar-refractivity contribution in [1.29, 1.82) is 0 Å². The van der Waals surface area contributed by atoms with E-state index in [4.69, 9.17) is 4.74 Å². The molecule has 3 heteroatoms. The van der Waals surface area contributed by atoms with E-state index < -0.39 is 0 Å². The third-order valence-corrected chi connectivity index (χ3v) is 4.51. The smallest absolute Gasteiger partial charge is 0.138 e. The van der Waals surface area contributed by atoms with Crippen LogP contribution in [0.5, 0.6) is 0 Å². The van der Waals surface area contributed by atoms with Crippen molar-refractivity contribution in [2.24, 2.45) is 0 Å². The molecule has 0 spiro atoms. The fraction of sp³-hybridized carbons (Fsp3) is 0.238. The molecule has 1 aliphatic rings. The number of benzene rings is 2. The lowest BCUT2D eigenvalue weighted by Crippen LogP contribution is -2.23. The van der Waals surface area contributed by atoms with E-state index in [1.54, 1.807) is 0 Å². The summed E-state index contributed by atoms with van der Waals surface area (Å²) in [4.78, 5) is 2.40. The second kappa shape index (κ2) is 6.63. The Balaban J connectivity index is 1.54. The standard InChI is InChI=1S/C21H22N2O/c1-17-6-5-7-18(14-17)15-23-12-13-24-21(23)19-10-11-22(16-19)20-8-3-2-4-9-20/h2-11,14,16,21H,12-13,15H2,1H3/t21-/m0/s1. The van der Waals surface area contributed by atoms with Crippen molar-refractivity contribution < 1.29 is 4.74 Å². The molecule has 4 rings (SSSR count). The Hall–Kier alpha value is -2.36. The highest BCUT2D eigenvalue weighted by atomic mass is 16.5. The molecule has 1 fully saturated rings.